The fourth-order valence-electron chi connectivity index (χ4n) is 4.49. The van der Waals surface area contributed by atoms with Gasteiger partial charge in [-0.15, -0.1) is 0 Å². The molecule has 0 spiro atoms. The van der Waals surface area contributed by atoms with E-state index in [1.165, 1.54) is 0 Å². The summed E-state index contributed by atoms with van der Waals surface area (Å²) < 4.78 is 5.29. The number of hydrogen-bond acceptors (Lipinski definition) is 5. The quantitative estimate of drug-likeness (QED) is 0.808. The summed E-state index contributed by atoms with van der Waals surface area (Å²) in [6.45, 7) is 2.83. The second-order valence-electron chi connectivity index (χ2n) is 7.58. The summed E-state index contributed by atoms with van der Waals surface area (Å²) in [5, 5.41) is 11.1. The van der Waals surface area contributed by atoms with Crippen LogP contribution >= 0.6 is 0 Å². The number of likely N-dealkylation sites (N-methyl/N-ethyl adjacent to an activating group) is 1. The minimum absolute atomic E-state index is 0.0587. The Bertz CT molecular complexity index is 880. The third kappa shape index (κ3) is 3.32. The number of methoxy groups -OCH3 is 1. The summed E-state index contributed by atoms with van der Waals surface area (Å²) >= 11 is 0. The van der Waals surface area contributed by atoms with Gasteiger partial charge in [-0.25, -0.2) is 0 Å². The minimum Gasteiger partial charge on any atom is -0.497 e. The minimum atomic E-state index is -0.0587. The molecular weight excluding hydrogens is 358 g/mol. The van der Waals surface area contributed by atoms with Gasteiger partial charge in [-0.3, -0.25) is 14.7 Å². The van der Waals surface area contributed by atoms with Crippen LogP contribution in [0.4, 0.5) is 0 Å². The van der Waals surface area contributed by atoms with Crippen LogP contribution in [0.2, 0.25) is 0 Å². The molecule has 2 fully saturated rings. The van der Waals surface area contributed by atoms with Crippen molar-refractivity contribution in [3.05, 3.63) is 23.9 Å². The van der Waals surface area contributed by atoms with Crippen molar-refractivity contribution in [1.29, 1.82) is 0 Å². The fourth-order valence-corrected chi connectivity index (χ4v) is 4.49. The number of hydrogen-bond donors (Lipinski definition) is 2. The molecule has 3 heterocycles. The van der Waals surface area contributed by atoms with Crippen LogP contribution in [-0.2, 0) is 4.79 Å². The first-order valence-electron chi connectivity index (χ1n) is 9.88. The first-order chi connectivity index (χ1) is 13.6. The Balaban J connectivity index is 1.51. The van der Waals surface area contributed by atoms with Crippen LogP contribution in [-0.4, -0.2) is 78.2 Å². The first kappa shape index (κ1) is 18.7. The number of carbonyl (C=O) groups excluding carboxylic acids is 2. The molecule has 4 rings (SSSR count). The Morgan fingerprint density at radius 1 is 1.39 bits per heavy atom. The maximum absolute atomic E-state index is 13.2. The average molecular weight is 385 g/mol. The summed E-state index contributed by atoms with van der Waals surface area (Å²) in [6.07, 6.45) is 2.23. The number of nitrogens with zero attached hydrogens (tertiary/aromatic N) is 3. The summed E-state index contributed by atoms with van der Waals surface area (Å²) in [4.78, 5) is 29.4. The Hall–Kier alpha value is -2.61. The van der Waals surface area contributed by atoms with Gasteiger partial charge in [0.15, 0.2) is 5.69 Å². The van der Waals surface area contributed by atoms with Crippen molar-refractivity contribution in [1.82, 2.24) is 25.3 Å². The maximum Gasteiger partial charge on any atom is 0.275 e. The van der Waals surface area contributed by atoms with Gasteiger partial charge in [0.25, 0.3) is 5.91 Å². The van der Waals surface area contributed by atoms with Gasteiger partial charge in [0.1, 0.15) is 5.75 Å². The molecule has 0 saturated carbocycles. The van der Waals surface area contributed by atoms with Gasteiger partial charge in [0.2, 0.25) is 5.91 Å². The number of aromatic amines is 1. The molecule has 1 aromatic heterocycles. The zero-order valence-electron chi connectivity index (χ0n) is 16.4. The number of piperidine rings is 2. The van der Waals surface area contributed by atoms with Crippen LogP contribution in [0.15, 0.2) is 18.2 Å². The van der Waals surface area contributed by atoms with Gasteiger partial charge in [-0.05, 0) is 44.0 Å². The average Bonchev–Trinajstić information content (AvgIpc) is 3.15. The van der Waals surface area contributed by atoms with Crippen LogP contribution in [0.1, 0.15) is 29.8 Å². The molecule has 0 bridgehead atoms. The highest BCUT2D eigenvalue weighted by atomic mass is 16.5. The van der Waals surface area contributed by atoms with Crippen molar-refractivity contribution in [3.8, 4) is 5.75 Å². The van der Waals surface area contributed by atoms with Gasteiger partial charge in [-0.1, -0.05) is 0 Å². The van der Waals surface area contributed by atoms with Crippen LogP contribution in [0.5, 0.6) is 5.75 Å². The lowest BCUT2D eigenvalue weighted by atomic mass is 9.83. The zero-order chi connectivity index (χ0) is 19.7. The van der Waals surface area contributed by atoms with Crippen molar-refractivity contribution < 1.29 is 14.3 Å². The molecule has 2 aromatic rings. The molecule has 0 radical (unpaired) electrons. The SMILES string of the molecule is CNCCN1C(=O)CC[C@H]2CN(C(=O)c3n[nH]c4ccc(OC)cc34)CC[C@H]21. The highest BCUT2D eigenvalue weighted by molar-refractivity contribution is 6.05. The van der Waals surface area contributed by atoms with E-state index in [9.17, 15) is 9.59 Å². The van der Waals surface area contributed by atoms with Crippen molar-refractivity contribution >= 4 is 22.7 Å². The number of fused-ring (bicyclic) bond motifs is 2. The molecule has 2 atom stereocenters. The van der Waals surface area contributed by atoms with Crippen LogP contribution in [0, 0.1) is 5.92 Å². The van der Waals surface area contributed by atoms with Crippen molar-refractivity contribution in [2.24, 2.45) is 5.92 Å². The zero-order valence-corrected chi connectivity index (χ0v) is 16.4. The maximum atomic E-state index is 13.2. The lowest BCUT2D eigenvalue weighted by Crippen LogP contribution is -2.57. The first-order valence-corrected chi connectivity index (χ1v) is 9.88. The number of rotatable bonds is 5. The normalized spacial score (nSPS) is 22.4. The van der Waals surface area contributed by atoms with E-state index in [-0.39, 0.29) is 17.9 Å². The molecule has 2 N–H and O–H groups in total. The molecule has 2 aliphatic rings. The number of benzene rings is 1. The van der Waals surface area contributed by atoms with E-state index < -0.39 is 0 Å². The third-order valence-electron chi connectivity index (χ3n) is 6.01. The monoisotopic (exact) mass is 385 g/mol. The van der Waals surface area contributed by atoms with Gasteiger partial charge >= 0.3 is 0 Å². The summed E-state index contributed by atoms with van der Waals surface area (Å²) in [5.41, 5.74) is 1.26. The second-order valence-corrected chi connectivity index (χ2v) is 7.58. The Morgan fingerprint density at radius 2 is 2.25 bits per heavy atom. The number of ether oxygens (including phenoxy) is 1. The summed E-state index contributed by atoms with van der Waals surface area (Å²) in [7, 11) is 3.51. The molecule has 28 heavy (non-hydrogen) atoms. The standard InChI is InChI=1S/C20H27N5O3/c1-21-8-10-25-17-7-9-24(12-13(17)3-6-18(25)26)20(27)19-15-11-14(28-2)4-5-16(15)22-23-19/h4-5,11,13,17,21H,3,6-10,12H2,1-2H3,(H,22,23)/t13-,17+/m0/s1. The van der Waals surface area contributed by atoms with Crippen LogP contribution in [0.3, 0.4) is 0 Å². The largest absolute Gasteiger partial charge is 0.497 e. The number of H-pyrrole nitrogens is 1. The van der Waals surface area contributed by atoms with E-state index in [1.807, 2.05) is 35.0 Å². The third-order valence-corrected chi connectivity index (χ3v) is 6.01. The van der Waals surface area contributed by atoms with E-state index in [0.717, 1.165) is 36.8 Å². The lowest BCUT2D eigenvalue weighted by molar-refractivity contribution is -0.140. The van der Waals surface area contributed by atoms with Gasteiger partial charge in [-0.2, -0.15) is 5.10 Å². The highest BCUT2D eigenvalue weighted by Crippen LogP contribution is 2.32. The molecule has 2 saturated heterocycles. The van der Waals surface area contributed by atoms with E-state index >= 15 is 0 Å². The van der Waals surface area contributed by atoms with E-state index in [4.69, 9.17) is 4.74 Å². The molecule has 2 amide bonds. The highest BCUT2D eigenvalue weighted by Gasteiger charge is 2.40. The Morgan fingerprint density at radius 3 is 3.04 bits per heavy atom. The second kappa shape index (κ2) is 7.79. The number of likely N-dealkylation sites (tertiary alicyclic amines) is 2. The van der Waals surface area contributed by atoms with Crippen LogP contribution in [0.25, 0.3) is 10.9 Å². The summed E-state index contributed by atoms with van der Waals surface area (Å²) in [5.74, 6) is 1.21. The van der Waals surface area contributed by atoms with Gasteiger partial charge in [0.05, 0.1) is 12.6 Å². The fraction of sp³-hybridized carbons (Fsp3) is 0.550. The molecule has 0 aliphatic carbocycles. The Kier molecular flexibility index (Phi) is 5.21. The predicted molar refractivity (Wildman–Crippen MR) is 105 cm³/mol. The molecule has 0 unspecified atom stereocenters. The molecule has 2 aliphatic heterocycles. The Labute approximate surface area is 164 Å². The molecular formula is C20H27N5O3. The van der Waals surface area contributed by atoms with Crippen LogP contribution < -0.4 is 10.1 Å². The number of carbonyl (C=O) groups is 2. The van der Waals surface area contributed by atoms with Crippen molar-refractivity contribution in [3.63, 3.8) is 0 Å². The number of amides is 2. The molecule has 150 valence electrons. The van der Waals surface area contributed by atoms with Gasteiger partial charge < -0.3 is 19.9 Å². The van der Waals surface area contributed by atoms with E-state index in [0.29, 0.717) is 36.9 Å². The van der Waals surface area contributed by atoms with E-state index in [1.54, 1.807) is 7.11 Å². The van der Waals surface area contributed by atoms with E-state index in [2.05, 4.69) is 15.5 Å². The van der Waals surface area contributed by atoms with Crippen molar-refractivity contribution in [2.75, 3.05) is 40.3 Å². The number of aromatic nitrogens is 2. The molecule has 8 heteroatoms. The lowest BCUT2D eigenvalue weighted by Gasteiger charge is -2.47. The van der Waals surface area contributed by atoms with Gasteiger partial charge in [0, 0.05) is 44.0 Å². The molecule has 1 aromatic carbocycles. The smallest absolute Gasteiger partial charge is 0.275 e. The summed E-state index contributed by atoms with van der Waals surface area (Å²) in [6, 6.07) is 5.79. The molecule has 8 nitrogen and oxygen atoms in total. The number of nitrogens with one attached hydrogen (secondary N) is 2. The van der Waals surface area contributed by atoms with Crippen molar-refractivity contribution in [2.45, 2.75) is 25.3 Å². The topological polar surface area (TPSA) is 90.6 Å². The predicted octanol–water partition coefficient (Wildman–Crippen LogP) is 1.24.